The lowest BCUT2D eigenvalue weighted by Gasteiger charge is -2.11. The van der Waals surface area contributed by atoms with Gasteiger partial charge in [0.2, 0.25) is 6.79 Å². The molecule has 0 unspecified atom stereocenters. The first-order chi connectivity index (χ1) is 13.3. The molecule has 2 aromatic carbocycles. The largest absolute Gasteiger partial charge is 0.454 e. The molecule has 0 atom stereocenters. The van der Waals surface area contributed by atoms with Crippen LogP contribution in [0.25, 0.3) is 11.3 Å². The van der Waals surface area contributed by atoms with Crippen LogP contribution in [0, 0.1) is 0 Å². The molecule has 1 aliphatic heterocycles. The average Bonchev–Trinajstić information content (AvgIpc) is 3.38. The number of imidazole rings is 1. The van der Waals surface area contributed by atoms with Crippen LogP contribution in [-0.4, -0.2) is 29.8 Å². The summed E-state index contributed by atoms with van der Waals surface area (Å²) >= 11 is 0. The van der Waals surface area contributed by atoms with Gasteiger partial charge in [-0.15, -0.1) is 0 Å². The fourth-order valence-electron chi connectivity index (χ4n) is 2.84. The molecule has 4 rings (SSSR count). The predicted molar refractivity (Wildman–Crippen MR) is 104 cm³/mol. The Labute approximate surface area is 157 Å². The second-order valence-corrected chi connectivity index (χ2v) is 6.08. The number of rotatable bonds is 5. The van der Waals surface area contributed by atoms with Gasteiger partial charge < -0.3 is 25.1 Å². The molecule has 1 aliphatic rings. The van der Waals surface area contributed by atoms with Gasteiger partial charge in [-0.05, 0) is 23.3 Å². The van der Waals surface area contributed by atoms with E-state index >= 15 is 0 Å². The van der Waals surface area contributed by atoms with Gasteiger partial charge in [0, 0.05) is 13.6 Å². The van der Waals surface area contributed by atoms with Crippen LogP contribution in [0.5, 0.6) is 11.5 Å². The zero-order valence-electron chi connectivity index (χ0n) is 15.0. The minimum Gasteiger partial charge on any atom is -0.454 e. The highest BCUT2D eigenvalue weighted by molar-refractivity contribution is 5.79. The van der Waals surface area contributed by atoms with Crippen molar-refractivity contribution in [2.75, 3.05) is 13.8 Å². The average molecular weight is 363 g/mol. The fourth-order valence-corrected chi connectivity index (χ4v) is 2.84. The summed E-state index contributed by atoms with van der Waals surface area (Å²) in [6.07, 6.45) is 1.84. The van der Waals surface area contributed by atoms with Crippen LogP contribution in [0.1, 0.15) is 11.4 Å². The molecule has 7 heteroatoms. The lowest BCUT2D eigenvalue weighted by Crippen LogP contribution is -2.36. The molecule has 0 spiro atoms. The van der Waals surface area contributed by atoms with E-state index in [1.54, 1.807) is 7.05 Å². The molecule has 0 radical (unpaired) electrons. The van der Waals surface area contributed by atoms with Gasteiger partial charge in [0.1, 0.15) is 5.82 Å². The Bertz CT molecular complexity index is 937. The normalized spacial score (nSPS) is 12.9. The summed E-state index contributed by atoms with van der Waals surface area (Å²) in [6.45, 7) is 1.46. The third kappa shape index (κ3) is 4.03. The summed E-state index contributed by atoms with van der Waals surface area (Å²) in [7, 11) is 1.74. The van der Waals surface area contributed by atoms with Gasteiger partial charge in [-0.1, -0.05) is 36.4 Å². The maximum absolute atomic E-state index is 5.41. The van der Waals surface area contributed by atoms with E-state index in [9.17, 15) is 0 Å². The first kappa shape index (κ1) is 17.0. The summed E-state index contributed by atoms with van der Waals surface area (Å²) in [6, 6.07) is 16.0. The molecule has 3 N–H and O–H groups in total. The van der Waals surface area contributed by atoms with Crippen molar-refractivity contribution in [1.29, 1.82) is 0 Å². The topological polar surface area (TPSA) is 83.6 Å². The van der Waals surface area contributed by atoms with Crippen molar-refractivity contribution in [3.63, 3.8) is 0 Å². The fraction of sp³-hybridized carbons (Fsp3) is 0.200. The standard InChI is InChI=1S/C20H21N5O2/c1-21-20(23-10-14-7-8-17-18(9-14)27-13-26-17)24-12-19-22-11-16(25-19)15-5-3-2-4-6-15/h2-9,11H,10,12-13H2,1H3,(H,22,25)(H2,21,23,24). The number of aromatic nitrogens is 2. The Morgan fingerprint density at radius 2 is 1.89 bits per heavy atom. The van der Waals surface area contributed by atoms with E-state index in [1.807, 2.05) is 42.6 Å². The van der Waals surface area contributed by atoms with Crippen LogP contribution in [0.4, 0.5) is 0 Å². The summed E-state index contributed by atoms with van der Waals surface area (Å²) in [5.74, 6) is 3.11. The summed E-state index contributed by atoms with van der Waals surface area (Å²) in [5.41, 5.74) is 3.20. The first-order valence-electron chi connectivity index (χ1n) is 8.74. The molecule has 138 valence electrons. The maximum atomic E-state index is 5.41. The second-order valence-electron chi connectivity index (χ2n) is 6.08. The van der Waals surface area contributed by atoms with E-state index < -0.39 is 0 Å². The number of H-pyrrole nitrogens is 1. The smallest absolute Gasteiger partial charge is 0.231 e. The zero-order valence-corrected chi connectivity index (χ0v) is 15.0. The van der Waals surface area contributed by atoms with Gasteiger partial charge >= 0.3 is 0 Å². The molecule has 3 aromatic rings. The number of guanidine groups is 1. The quantitative estimate of drug-likeness (QED) is 0.479. The minimum atomic E-state index is 0.281. The molecular formula is C20H21N5O2. The Hall–Kier alpha value is -3.48. The third-order valence-corrected chi connectivity index (χ3v) is 4.26. The van der Waals surface area contributed by atoms with E-state index in [1.165, 1.54) is 0 Å². The number of nitrogens with one attached hydrogen (secondary N) is 3. The number of fused-ring (bicyclic) bond motifs is 1. The van der Waals surface area contributed by atoms with Gasteiger partial charge in [0.25, 0.3) is 0 Å². The van der Waals surface area contributed by atoms with Crippen molar-refractivity contribution >= 4 is 5.96 Å². The molecular weight excluding hydrogens is 342 g/mol. The van der Waals surface area contributed by atoms with Crippen LogP contribution < -0.4 is 20.1 Å². The number of hydrogen-bond donors (Lipinski definition) is 3. The molecule has 0 aliphatic carbocycles. The van der Waals surface area contributed by atoms with Gasteiger partial charge in [-0.2, -0.15) is 0 Å². The second kappa shape index (κ2) is 7.82. The van der Waals surface area contributed by atoms with E-state index in [2.05, 4.69) is 37.7 Å². The minimum absolute atomic E-state index is 0.281. The molecule has 1 aromatic heterocycles. The Morgan fingerprint density at radius 1 is 1.07 bits per heavy atom. The Balaban J connectivity index is 1.31. The third-order valence-electron chi connectivity index (χ3n) is 4.26. The summed E-state index contributed by atoms with van der Waals surface area (Å²) in [5, 5.41) is 6.55. The van der Waals surface area contributed by atoms with E-state index in [0.717, 1.165) is 34.1 Å². The highest BCUT2D eigenvalue weighted by Gasteiger charge is 2.13. The highest BCUT2D eigenvalue weighted by Crippen LogP contribution is 2.32. The van der Waals surface area contributed by atoms with Gasteiger partial charge in [0.05, 0.1) is 18.4 Å². The van der Waals surface area contributed by atoms with Gasteiger partial charge in [-0.25, -0.2) is 4.98 Å². The van der Waals surface area contributed by atoms with Crippen LogP contribution in [0.3, 0.4) is 0 Å². The molecule has 0 saturated heterocycles. The van der Waals surface area contributed by atoms with E-state index in [4.69, 9.17) is 9.47 Å². The lowest BCUT2D eigenvalue weighted by molar-refractivity contribution is 0.174. The van der Waals surface area contributed by atoms with Gasteiger partial charge in [0.15, 0.2) is 17.5 Å². The van der Waals surface area contributed by atoms with E-state index in [-0.39, 0.29) is 6.79 Å². The monoisotopic (exact) mass is 363 g/mol. The van der Waals surface area contributed by atoms with E-state index in [0.29, 0.717) is 19.0 Å². The number of benzene rings is 2. The summed E-state index contributed by atoms with van der Waals surface area (Å²) < 4.78 is 10.7. The number of aromatic amines is 1. The lowest BCUT2D eigenvalue weighted by atomic mass is 10.2. The Morgan fingerprint density at radius 3 is 2.74 bits per heavy atom. The summed E-state index contributed by atoms with van der Waals surface area (Å²) in [4.78, 5) is 12.0. The molecule has 2 heterocycles. The van der Waals surface area contributed by atoms with Crippen LogP contribution in [0.15, 0.2) is 59.7 Å². The maximum Gasteiger partial charge on any atom is 0.231 e. The molecule has 0 saturated carbocycles. The molecule has 7 nitrogen and oxygen atoms in total. The van der Waals surface area contributed by atoms with Crippen molar-refractivity contribution in [3.05, 3.63) is 66.1 Å². The first-order valence-corrected chi connectivity index (χ1v) is 8.74. The van der Waals surface area contributed by atoms with Crippen molar-refractivity contribution in [2.45, 2.75) is 13.1 Å². The number of aliphatic imine (C=N–C) groups is 1. The van der Waals surface area contributed by atoms with Crippen molar-refractivity contribution in [2.24, 2.45) is 4.99 Å². The molecule has 0 amide bonds. The molecule has 0 bridgehead atoms. The van der Waals surface area contributed by atoms with Crippen LogP contribution >= 0.6 is 0 Å². The van der Waals surface area contributed by atoms with Gasteiger partial charge in [-0.3, -0.25) is 4.99 Å². The van der Waals surface area contributed by atoms with Crippen molar-refractivity contribution < 1.29 is 9.47 Å². The number of hydrogen-bond acceptors (Lipinski definition) is 4. The molecule has 0 fully saturated rings. The Kier molecular flexibility index (Phi) is 4.91. The zero-order chi connectivity index (χ0) is 18.5. The predicted octanol–water partition coefficient (Wildman–Crippen LogP) is 2.67. The van der Waals surface area contributed by atoms with Crippen molar-refractivity contribution in [1.82, 2.24) is 20.6 Å². The molecule has 27 heavy (non-hydrogen) atoms. The SMILES string of the molecule is CN=C(NCc1ccc2c(c1)OCO2)NCc1ncc(-c2ccccc2)[nH]1. The number of ether oxygens (including phenoxy) is 2. The van der Waals surface area contributed by atoms with Crippen LogP contribution in [0.2, 0.25) is 0 Å². The number of nitrogens with zero attached hydrogens (tertiary/aromatic N) is 2. The highest BCUT2D eigenvalue weighted by atomic mass is 16.7. The van der Waals surface area contributed by atoms with Crippen molar-refractivity contribution in [3.8, 4) is 22.8 Å². The van der Waals surface area contributed by atoms with Crippen LogP contribution in [-0.2, 0) is 13.1 Å².